The highest BCUT2D eigenvalue weighted by Crippen LogP contribution is 2.36. The van der Waals surface area contributed by atoms with E-state index in [1.165, 1.54) is 6.42 Å². The van der Waals surface area contributed by atoms with Crippen LogP contribution in [0.2, 0.25) is 0 Å². The van der Waals surface area contributed by atoms with Gasteiger partial charge in [0.25, 0.3) is 0 Å². The van der Waals surface area contributed by atoms with E-state index in [0.717, 1.165) is 50.0 Å². The summed E-state index contributed by atoms with van der Waals surface area (Å²) in [5.41, 5.74) is 8.13. The topological polar surface area (TPSA) is 29.3 Å². The van der Waals surface area contributed by atoms with Crippen LogP contribution in [-0.2, 0) is 6.42 Å². The first kappa shape index (κ1) is 16.3. The van der Waals surface area contributed by atoms with E-state index >= 15 is 0 Å². The number of benzene rings is 1. The van der Waals surface area contributed by atoms with Crippen molar-refractivity contribution in [2.45, 2.75) is 58.9 Å². The summed E-state index contributed by atoms with van der Waals surface area (Å²) < 4.78 is 14.4. The first-order chi connectivity index (χ1) is 9.97. The van der Waals surface area contributed by atoms with Crippen LogP contribution in [0.3, 0.4) is 0 Å². The van der Waals surface area contributed by atoms with E-state index in [1.807, 2.05) is 12.1 Å². The minimum absolute atomic E-state index is 0.101. The van der Waals surface area contributed by atoms with Gasteiger partial charge in [0, 0.05) is 19.1 Å². The fourth-order valence-corrected chi connectivity index (χ4v) is 3.02. The van der Waals surface area contributed by atoms with Gasteiger partial charge in [-0.2, -0.15) is 0 Å². The summed E-state index contributed by atoms with van der Waals surface area (Å²) in [5.74, 6) is -0.101. The molecule has 0 aromatic heterocycles. The Hall–Kier alpha value is -1.09. The van der Waals surface area contributed by atoms with Crippen molar-refractivity contribution in [2.24, 2.45) is 11.1 Å². The lowest BCUT2D eigenvalue weighted by Gasteiger charge is -2.40. The van der Waals surface area contributed by atoms with Crippen molar-refractivity contribution in [1.82, 2.24) is 0 Å². The van der Waals surface area contributed by atoms with Crippen LogP contribution in [0.1, 0.15) is 52.0 Å². The van der Waals surface area contributed by atoms with Gasteiger partial charge in [0.15, 0.2) is 0 Å². The molecule has 0 radical (unpaired) electrons. The van der Waals surface area contributed by atoms with Crippen molar-refractivity contribution < 1.29 is 4.39 Å². The van der Waals surface area contributed by atoms with E-state index < -0.39 is 0 Å². The smallest absolute Gasteiger partial charge is 0.146 e. The minimum atomic E-state index is -0.101. The summed E-state index contributed by atoms with van der Waals surface area (Å²) >= 11 is 0. The Morgan fingerprint density at radius 2 is 1.95 bits per heavy atom. The van der Waals surface area contributed by atoms with E-state index in [2.05, 4.69) is 25.7 Å². The molecule has 1 saturated heterocycles. The molecule has 3 heteroatoms. The molecule has 1 aliphatic rings. The van der Waals surface area contributed by atoms with Crippen LogP contribution in [-0.4, -0.2) is 19.1 Å². The standard InChI is InChI=1S/C18H29FN2/c1-4-15(20)12-14-6-7-17(16(19)13-14)21-10-8-18(3,5-2)9-11-21/h6-7,13,15H,4-5,8-12,20H2,1-3H3. The van der Waals surface area contributed by atoms with E-state index in [1.54, 1.807) is 6.07 Å². The molecule has 0 saturated carbocycles. The van der Waals surface area contributed by atoms with Crippen LogP contribution in [0, 0.1) is 11.2 Å². The first-order valence-corrected chi connectivity index (χ1v) is 8.26. The zero-order valence-electron chi connectivity index (χ0n) is 13.7. The fraction of sp³-hybridized carbons (Fsp3) is 0.667. The third-order valence-electron chi connectivity index (χ3n) is 5.20. The fourth-order valence-electron chi connectivity index (χ4n) is 3.02. The Labute approximate surface area is 128 Å². The predicted octanol–water partition coefficient (Wildman–Crippen LogP) is 4.12. The highest BCUT2D eigenvalue weighted by Gasteiger charge is 2.29. The van der Waals surface area contributed by atoms with Crippen molar-refractivity contribution >= 4 is 5.69 Å². The number of hydrogen-bond donors (Lipinski definition) is 1. The second-order valence-electron chi connectivity index (χ2n) is 6.81. The maximum atomic E-state index is 14.4. The molecule has 1 unspecified atom stereocenters. The Kier molecular flexibility index (Phi) is 5.26. The lowest BCUT2D eigenvalue weighted by Crippen LogP contribution is -2.38. The van der Waals surface area contributed by atoms with Crippen molar-refractivity contribution in [1.29, 1.82) is 0 Å². The molecule has 1 heterocycles. The molecule has 1 atom stereocenters. The molecular formula is C18H29FN2. The predicted molar refractivity (Wildman–Crippen MR) is 88.2 cm³/mol. The van der Waals surface area contributed by atoms with Gasteiger partial charge in [-0.3, -0.25) is 0 Å². The summed E-state index contributed by atoms with van der Waals surface area (Å²) in [6, 6.07) is 5.75. The third kappa shape index (κ3) is 3.97. The molecule has 118 valence electrons. The van der Waals surface area contributed by atoms with Crippen LogP contribution in [0.4, 0.5) is 10.1 Å². The lowest BCUT2D eigenvalue weighted by atomic mass is 9.78. The van der Waals surface area contributed by atoms with Crippen LogP contribution in [0.15, 0.2) is 18.2 Å². The average Bonchev–Trinajstić information content (AvgIpc) is 2.48. The minimum Gasteiger partial charge on any atom is -0.369 e. The average molecular weight is 292 g/mol. The molecule has 1 aromatic rings. The molecule has 0 bridgehead atoms. The molecule has 1 aromatic carbocycles. The second-order valence-corrected chi connectivity index (χ2v) is 6.81. The number of nitrogens with zero attached hydrogens (tertiary/aromatic N) is 1. The first-order valence-electron chi connectivity index (χ1n) is 8.26. The van der Waals surface area contributed by atoms with E-state index in [4.69, 9.17) is 5.73 Å². The largest absolute Gasteiger partial charge is 0.369 e. The molecule has 1 fully saturated rings. The SMILES string of the molecule is CCC(N)Cc1ccc(N2CCC(C)(CC)CC2)c(F)c1. The van der Waals surface area contributed by atoms with Gasteiger partial charge >= 0.3 is 0 Å². The highest BCUT2D eigenvalue weighted by molar-refractivity contribution is 5.49. The molecule has 2 rings (SSSR count). The van der Waals surface area contributed by atoms with E-state index in [-0.39, 0.29) is 11.9 Å². The Bertz CT molecular complexity index is 464. The summed E-state index contributed by atoms with van der Waals surface area (Å²) in [6.45, 7) is 8.57. The summed E-state index contributed by atoms with van der Waals surface area (Å²) in [7, 11) is 0. The Morgan fingerprint density at radius 3 is 2.48 bits per heavy atom. The van der Waals surface area contributed by atoms with Gasteiger partial charge in [0.1, 0.15) is 5.82 Å². The molecule has 2 N–H and O–H groups in total. The molecular weight excluding hydrogens is 263 g/mol. The molecule has 0 aliphatic carbocycles. The van der Waals surface area contributed by atoms with Crippen molar-refractivity contribution in [3.05, 3.63) is 29.6 Å². The van der Waals surface area contributed by atoms with Gasteiger partial charge in [-0.1, -0.05) is 33.3 Å². The summed E-state index contributed by atoms with van der Waals surface area (Å²) in [5, 5.41) is 0. The zero-order valence-corrected chi connectivity index (χ0v) is 13.7. The molecule has 2 nitrogen and oxygen atoms in total. The van der Waals surface area contributed by atoms with Crippen molar-refractivity contribution in [3.8, 4) is 0 Å². The van der Waals surface area contributed by atoms with Crippen LogP contribution >= 0.6 is 0 Å². The van der Waals surface area contributed by atoms with Crippen molar-refractivity contribution in [2.75, 3.05) is 18.0 Å². The Morgan fingerprint density at radius 1 is 1.29 bits per heavy atom. The van der Waals surface area contributed by atoms with Crippen molar-refractivity contribution in [3.63, 3.8) is 0 Å². The number of hydrogen-bond acceptors (Lipinski definition) is 2. The summed E-state index contributed by atoms with van der Waals surface area (Å²) in [4.78, 5) is 2.19. The summed E-state index contributed by atoms with van der Waals surface area (Å²) in [6.07, 6.45) is 5.17. The van der Waals surface area contributed by atoms with E-state index in [0.29, 0.717) is 5.41 Å². The number of halogens is 1. The molecule has 0 spiro atoms. The van der Waals surface area contributed by atoms with Crippen LogP contribution in [0.5, 0.6) is 0 Å². The van der Waals surface area contributed by atoms with Gasteiger partial charge in [-0.25, -0.2) is 4.39 Å². The molecule has 0 amide bonds. The molecule has 1 aliphatic heterocycles. The van der Waals surface area contributed by atoms with Gasteiger partial charge in [0.05, 0.1) is 5.69 Å². The normalized spacial score (nSPS) is 19.6. The van der Waals surface area contributed by atoms with Gasteiger partial charge < -0.3 is 10.6 Å². The van der Waals surface area contributed by atoms with Gasteiger partial charge in [-0.15, -0.1) is 0 Å². The Balaban J connectivity index is 2.05. The number of nitrogens with two attached hydrogens (primary N) is 1. The second kappa shape index (κ2) is 6.78. The maximum absolute atomic E-state index is 14.4. The molecule has 21 heavy (non-hydrogen) atoms. The van der Waals surface area contributed by atoms with Crippen LogP contribution < -0.4 is 10.6 Å². The van der Waals surface area contributed by atoms with Crippen LogP contribution in [0.25, 0.3) is 0 Å². The maximum Gasteiger partial charge on any atom is 0.146 e. The lowest BCUT2D eigenvalue weighted by molar-refractivity contribution is 0.237. The monoisotopic (exact) mass is 292 g/mol. The highest BCUT2D eigenvalue weighted by atomic mass is 19.1. The quantitative estimate of drug-likeness (QED) is 0.884. The third-order valence-corrected chi connectivity index (χ3v) is 5.20. The van der Waals surface area contributed by atoms with Gasteiger partial charge in [0.2, 0.25) is 0 Å². The van der Waals surface area contributed by atoms with E-state index in [9.17, 15) is 4.39 Å². The van der Waals surface area contributed by atoms with Gasteiger partial charge in [-0.05, 0) is 48.8 Å². The number of piperidine rings is 1. The number of anilines is 1. The zero-order chi connectivity index (χ0) is 15.5. The number of rotatable bonds is 5.